The van der Waals surface area contributed by atoms with E-state index in [9.17, 15) is 5.11 Å². The molecule has 0 aliphatic carbocycles. The van der Waals surface area contributed by atoms with Gasteiger partial charge in [-0.15, -0.1) is 0 Å². The van der Waals surface area contributed by atoms with Crippen molar-refractivity contribution in [3.8, 4) is 0 Å². The topological polar surface area (TPSA) is 41.3 Å². The second-order valence-electron chi connectivity index (χ2n) is 4.75. The highest BCUT2D eigenvalue weighted by molar-refractivity contribution is 5.63. The quantitative estimate of drug-likeness (QED) is 0.917. The van der Waals surface area contributed by atoms with Gasteiger partial charge in [0.15, 0.2) is 0 Å². The Morgan fingerprint density at radius 2 is 1.89 bits per heavy atom. The van der Waals surface area contributed by atoms with Crippen molar-refractivity contribution in [2.45, 2.75) is 26.9 Å². The van der Waals surface area contributed by atoms with Gasteiger partial charge < -0.3 is 10.0 Å². The van der Waals surface area contributed by atoms with E-state index in [2.05, 4.69) is 41.2 Å². The van der Waals surface area contributed by atoms with Crippen molar-refractivity contribution >= 4 is 11.5 Å². The molecule has 2 aromatic rings. The summed E-state index contributed by atoms with van der Waals surface area (Å²) in [5.74, 6) is 0.934. The summed E-state index contributed by atoms with van der Waals surface area (Å²) in [6.45, 7) is 4.07. The molecule has 0 spiro atoms. The number of aromatic nitrogens is 2. The van der Waals surface area contributed by atoms with E-state index in [1.807, 2.05) is 25.7 Å². The second-order valence-corrected chi connectivity index (χ2v) is 4.75. The molecule has 1 aromatic heterocycles. The summed E-state index contributed by atoms with van der Waals surface area (Å²) in [4.78, 5) is 2.06. The molecule has 0 radical (unpaired) electrons. The minimum atomic E-state index is 0.00634. The van der Waals surface area contributed by atoms with Crippen molar-refractivity contribution in [2.75, 3.05) is 11.9 Å². The van der Waals surface area contributed by atoms with E-state index in [0.29, 0.717) is 0 Å². The predicted molar refractivity (Wildman–Crippen MR) is 77.8 cm³/mol. The summed E-state index contributed by atoms with van der Waals surface area (Å²) in [5, 5.41) is 13.9. The monoisotopic (exact) mass is 259 g/mol. The number of aliphatic hydroxyl groups excluding tert-OH is 1. The highest BCUT2D eigenvalue weighted by Gasteiger charge is 2.17. The molecule has 0 atom stereocenters. The summed E-state index contributed by atoms with van der Waals surface area (Å²) in [6, 6.07) is 8.46. The summed E-state index contributed by atoms with van der Waals surface area (Å²) >= 11 is 0. The Kier molecular flexibility index (Phi) is 3.90. The van der Waals surface area contributed by atoms with Crippen LogP contribution >= 0.6 is 0 Å². The molecule has 0 saturated heterocycles. The molecule has 4 heteroatoms. The molecular weight excluding hydrogens is 238 g/mol. The lowest BCUT2D eigenvalue weighted by atomic mass is 10.1. The molecule has 0 aliphatic rings. The fourth-order valence-corrected chi connectivity index (χ4v) is 2.37. The Balaban J connectivity index is 2.40. The first kappa shape index (κ1) is 13.6. The van der Waals surface area contributed by atoms with Crippen LogP contribution in [0.1, 0.15) is 23.7 Å². The highest BCUT2D eigenvalue weighted by atomic mass is 16.3. The number of anilines is 2. The molecule has 0 unspecified atom stereocenters. The third-order valence-electron chi connectivity index (χ3n) is 3.52. The number of hydrogen-bond acceptors (Lipinski definition) is 3. The van der Waals surface area contributed by atoms with Gasteiger partial charge in [0, 0.05) is 25.3 Å². The molecule has 19 heavy (non-hydrogen) atoms. The van der Waals surface area contributed by atoms with Crippen LogP contribution in [0.3, 0.4) is 0 Å². The largest absolute Gasteiger partial charge is 0.391 e. The van der Waals surface area contributed by atoms with Crippen LogP contribution in [0.25, 0.3) is 0 Å². The van der Waals surface area contributed by atoms with Gasteiger partial charge in [-0.3, -0.25) is 4.68 Å². The maximum absolute atomic E-state index is 9.51. The predicted octanol–water partition coefficient (Wildman–Crippen LogP) is 2.55. The minimum absolute atomic E-state index is 0.00634. The third-order valence-corrected chi connectivity index (χ3v) is 3.52. The van der Waals surface area contributed by atoms with Crippen molar-refractivity contribution in [3.63, 3.8) is 0 Å². The summed E-state index contributed by atoms with van der Waals surface area (Å²) < 4.78 is 1.81. The van der Waals surface area contributed by atoms with E-state index in [1.165, 1.54) is 5.56 Å². The van der Waals surface area contributed by atoms with Gasteiger partial charge in [0.25, 0.3) is 0 Å². The average Bonchev–Trinajstić information content (AvgIpc) is 2.72. The molecule has 0 aliphatic heterocycles. The van der Waals surface area contributed by atoms with Crippen LogP contribution in [0, 0.1) is 6.92 Å². The van der Waals surface area contributed by atoms with Crippen molar-refractivity contribution in [2.24, 2.45) is 7.05 Å². The zero-order valence-corrected chi connectivity index (χ0v) is 12.0. The normalized spacial score (nSPS) is 10.8. The fourth-order valence-electron chi connectivity index (χ4n) is 2.37. The Labute approximate surface area is 114 Å². The van der Waals surface area contributed by atoms with Crippen molar-refractivity contribution in [1.82, 2.24) is 9.78 Å². The molecule has 0 saturated carbocycles. The maximum Gasteiger partial charge on any atom is 0.136 e. The summed E-state index contributed by atoms with van der Waals surface area (Å²) in [5.41, 5.74) is 4.16. The van der Waals surface area contributed by atoms with Gasteiger partial charge in [-0.1, -0.05) is 19.1 Å². The van der Waals surface area contributed by atoms with Crippen LogP contribution < -0.4 is 4.90 Å². The number of benzene rings is 1. The van der Waals surface area contributed by atoms with Crippen LogP contribution in [0.5, 0.6) is 0 Å². The SMILES string of the molecule is CCc1ccc(N(C)c2c(CO)c(C)nn2C)cc1. The molecule has 1 aromatic carbocycles. The fraction of sp³-hybridized carbons (Fsp3) is 0.400. The number of aliphatic hydroxyl groups is 1. The van der Waals surface area contributed by atoms with Crippen LogP contribution in [-0.4, -0.2) is 21.9 Å². The van der Waals surface area contributed by atoms with E-state index >= 15 is 0 Å². The van der Waals surface area contributed by atoms with Gasteiger partial charge in [-0.2, -0.15) is 5.10 Å². The zero-order valence-electron chi connectivity index (χ0n) is 12.0. The molecule has 102 valence electrons. The van der Waals surface area contributed by atoms with Gasteiger partial charge in [0.1, 0.15) is 5.82 Å². The average molecular weight is 259 g/mol. The van der Waals surface area contributed by atoms with Crippen LogP contribution in [-0.2, 0) is 20.1 Å². The summed E-state index contributed by atoms with van der Waals surface area (Å²) in [6.07, 6.45) is 1.04. The lowest BCUT2D eigenvalue weighted by molar-refractivity contribution is 0.281. The van der Waals surface area contributed by atoms with Gasteiger partial charge in [-0.25, -0.2) is 0 Å². The number of aryl methyl sites for hydroxylation is 3. The maximum atomic E-state index is 9.51. The van der Waals surface area contributed by atoms with Crippen LogP contribution in [0.2, 0.25) is 0 Å². The van der Waals surface area contributed by atoms with E-state index in [1.54, 1.807) is 0 Å². The first-order valence-corrected chi connectivity index (χ1v) is 6.54. The lowest BCUT2D eigenvalue weighted by Gasteiger charge is -2.21. The standard InChI is InChI=1S/C15H21N3O/c1-5-12-6-8-13(9-7-12)17(3)15-14(10-19)11(2)16-18(15)4/h6-9,19H,5,10H2,1-4H3. The zero-order chi connectivity index (χ0) is 14.0. The van der Waals surface area contributed by atoms with E-state index in [0.717, 1.165) is 29.2 Å². The van der Waals surface area contributed by atoms with Gasteiger partial charge in [0.2, 0.25) is 0 Å². The van der Waals surface area contributed by atoms with E-state index in [4.69, 9.17) is 0 Å². The van der Waals surface area contributed by atoms with Crippen LogP contribution in [0.4, 0.5) is 11.5 Å². The Morgan fingerprint density at radius 1 is 1.26 bits per heavy atom. The lowest BCUT2D eigenvalue weighted by Crippen LogP contribution is -2.15. The van der Waals surface area contributed by atoms with Crippen molar-refractivity contribution in [3.05, 3.63) is 41.1 Å². The Hall–Kier alpha value is -1.81. The van der Waals surface area contributed by atoms with Crippen molar-refractivity contribution in [1.29, 1.82) is 0 Å². The number of hydrogen-bond donors (Lipinski definition) is 1. The van der Waals surface area contributed by atoms with Crippen LogP contribution in [0.15, 0.2) is 24.3 Å². The van der Waals surface area contributed by atoms with Gasteiger partial charge >= 0.3 is 0 Å². The Bertz CT molecular complexity index is 558. The Morgan fingerprint density at radius 3 is 2.42 bits per heavy atom. The molecule has 0 fully saturated rings. The van der Waals surface area contributed by atoms with E-state index < -0.39 is 0 Å². The van der Waals surface area contributed by atoms with Crippen molar-refractivity contribution < 1.29 is 5.11 Å². The second kappa shape index (κ2) is 5.45. The molecule has 1 N–H and O–H groups in total. The van der Waals surface area contributed by atoms with E-state index in [-0.39, 0.29) is 6.61 Å². The summed E-state index contributed by atoms with van der Waals surface area (Å²) in [7, 11) is 3.90. The highest BCUT2D eigenvalue weighted by Crippen LogP contribution is 2.28. The first-order valence-electron chi connectivity index (χ1n) is 6.54. The molecule has 4 nitrogen and oxygen atoms in total. The van der Waals surface area contributed by atoms with Gasteiger partial charge in [0.05, 0.1) is 12.3 Å². The molecular formula is C15H21N3O. The minimum Gasteiger partial charge on any atom is -0.391 e. The molecule has 2 rings (SSSR count). The molecule has 0 amide bonds. The number of nitrogens with zero attached hydrogens (tertiary/aromatic N) is 3. The first-order chi connectivity index (χ1) is 9.08. The van der Waals surface area contributed by atoms with Gasteiger partial charge in [-0.05, 0) is 31.0 Å². The molecule has 1 heterocycles. The smallest absolute Gasteiger partial charge is 0.136 e. The number of rotatable bonds is 4. The third kappa shape index (κ3) is 2.49. The molecule has 0 bridgehead atoms.